The summed E-state index contributed by atoms with van der Waals surface area (Å²) in [6.45, 7) is 10.1. The number of nitrogens with zero attached hydrogens (tertiary/aromatic N) is 1. The fourth-order valence-electron chi connectivity index (χ4n) is 3.32. The Hall–Kier alpha value is -2.77. The molecule has 0 aromatic heterocycles. The molecule has 1 aromatic rings. The van der Waals surface area contributed by atoms with Crippen LogP contribution in [0.3, 0.4) is 0 Å². The minimum absolute atomic E-state index is 0.196. The Morgan fingerprint density at radius 1 is 1.14 bits per heavy atom. The molecule has 28 heavy (non-hydrogen) atoms. The van der Waals surface area contributed by atoms with Gasteiger partial charge in [-0.25, -0.2) is 9.59 Å². The third kappa shape index (κ3) is 5.61. The van der Waals surface area contributed by atoms with Gasteiger partial charge in [0.15, 0.2) is 0 Å². The van der Waals surface area contributed by atoms with Gasteiger partial charge in [0.1, 0.15) is 5.60 Å². The first-order chi connectivity index (χ1) is 13.0. The molecule has 1 aromatic carbocycles. The molecule has 0 bridgehead atoms. The number of ether oxygens (including phenoxy) is 1. The maximum Gasteiger partial charge on any atom is 0.410 e. The van der Waals surface area contributed by atoms with Crippen LogP contribution in [-0.2, 0) is 4.74 Å². The van der Waals surface area contributed by atoms with E-state index in [4.69, 9.17) is 10.5 Å². The van der Waals surface area contributed by atoms with Crippen LogP contribution in [0, 0.1) is 5.92 Å². The van der Waals surface area contributed by atoms with E-state index in [-0.39, 0.29) is 30.0 Å². The average molecular weight is 390 g/mol. The number of piperidine rings is 1. The van der Waals surface area contributed by atoms with Gasteiger partial charge in [-0.1, -0.05) is 6.92 Å². The molecule has 4 N–H and O–H groups in total. The molecular formula is C20H30N4O4. The van der Waals surface area contributed by atoms with Crippen LogP contribution < -0.4 is 16.4 Å². The fraction of sp³-hybridized carbons (Fsp3) is 0.550. The number of benzene rings is 1. The van der Waals surface area contributed by atoms with E-state index in [9.17, 15) is 14.4 Å². The van der Waals surface area contributed by atoms with Crippen molar-refractivity contribution in [2.45, 2.75) is 58.7 Å². The summed E-state index contributed by atoms with van der Waals surface area (Å²) in [6.07, 6.45) is 0.406. The minimum atomic E-state index is -0.663. The Morgan fingerprint density at radius 3 is 2.29 bits per heavy atom. The standard InChI is InChI=1S/C20H30N4O4/c1-12-10-11-24(19(27)28-20(3,4)5)13(2)16(12)23-17(25)14-6-8-15(9-7-14)22-18(21)26/h6-9,12-13,16H,10-11H2,1-5H3,(H,23,25)(H3,21,22,26)/t12-,13+,16+/m1/s1. The third-order valence-corrected chi connectivity index (χ3v) is 4.79. The molecule has 0 unspecified atom stereocenters. The summed E-state index contributed by atoms with van der Waals surface area (Å²) in [6, 6.07) is 5.40. The molecule has 1 aliphatic heterocycles. The lowest BCUT2D eigenvalue weighted by molar-refractivity contribution is 0.000870. The predicted octanol–water partition coefficient (Wildman–Crippen LogP) is 2.94. The maximum absolute atomic E-state index is 12.7. The van der Waals surface area contributed by atoms with Gasteiger partial charge >= 0.3 is 12.1 Å². The Morgan fingerprint density at radius 2 is 1.75 bits per heavy atom. The molecular weight excluding hydrogens is 360 g/mol. The highest BCUT2D eigenvalue weighted by Crippen LogP contribution is 2.25. The van der Waals surface area contributed by atoms with Gasteiger partial charge in [0.2, 0.25) is 0 Å². The Balaban J connectivity index is 2.07. The first kappa shape index (κ1) is 21.5. The second kappa shape index (κ2) is 8.50. The highest BCUT2D eigenvalue weighted by Gasteiger charge is 2.38. The van der Waals surface area contributed by atoms with Gasteiger partial charge in [-0.2, -0.15) is 0 Å². The SMILES string of the molecule is C[C@@H]1CCN(C(=O)OC(C)(C)C)[C@@H](C)[C@H]1NC(=O)c1ccc(NC(N)=O)cc1. The van der Waals surface area contributed by atoms with Gasteiger partial charge in [-0.15, -0.1) is 0 Å². The second-order valence-corrected chi connectivity index (χ2v) is 8.25. The largest absolute Gasteiger partial charge is 0.444 e. The van der Waals surface area contributed by atoms with Crippen LogP contribution in [0.5, 0.6) is 0 Å². The van der Waals surface area contributed by atoms with Crippen molar-refractivity contribution in [1.29, 1.82) is 0 Å². The third-order valence-electron chi connectivity index (χ3n) is 4.79. The summed E-state index contributed by atoms with van der Waals surface area (Å²) in [5.74, 6) is -0.0196. The summed E-state index contributed by atoms with van der Waals surface area (Å²) < 4.78 is 5.50. The van der Waals surface area contributed by atoms with Crippen LogP contribution in [0.4, 0.5) is 15.3 Å². The van der Waals surface area contributed by atoms with Crippen LogP contribution in [0.15, 0.2) is 24.3 Å². The van der Waals surface area contributed by atoms with Crippen LogP contribution in [-0.4, -0.2) is 47.2 Å². The molecule has 4 amide bonds. The first-order valence-electron chi connectivity index (χ1n) is 9.45. The van der Waals surface area contributed by atoms with E-state index < -0.39 is 11.6 Å². The summed E-state index contributed by atoms with van der Waals surface area (Å²) in [5.41, 5.74) is 5.49. The molecule has 0 aliphatic carbocycles. The van der Waals surface area contributed by atoms with Crippen molar-refractivity contribution in [3.05, 3.63) is 29.8 Å². The number of nitrogens with two attached hydrogens (primary N) is 1. The monoisotopic (exact) mass is 390 g/mol. The van der Waals surface area contributed by atoms with Crippen molar-refractivity contribution < 1.29 is 19.1 Å². The Bertz CT molecular complexity index is 727. The smallest absolute Gasteiger partial charge is 0.410 e. The molecule has 0 spiro atoms. The molecule has 0 radical (unpaired) electrons. The van der Waals surface area contributed by atoms with Gasteiger partial charge in [0.05, 0.1) is 12.1 Å². The number of carbonyl (C=O) groups is 3. The normalized spacial score (nSPS) is 22.3. The lowest BCUT2D eigenvalue weighted by Crippen LogP contribution is -2.59. The van der Waals surface area contributed by atoms with Crippen molar-refractivity contribution >= 4 is 23.7 Å². The molecule has 1 saturated heterocycles. The average Bonchev–Trinajstić information content (AvgIpc) is 2.56. The number of nitrogens with one attached hydrogen (secondary N) is 2. The van der Waals surface area contributed by atoms with E-state index in [1.165, 1.54) is 0 Å². The van der Waals surface area contributed by atoms with E-state index in [2.05, 4.69) is 17.6 Å². The topological polar surface area (TPSA) is 114 Å². The lowest BCUT2D eigenvalue weighted by atomic mass is 9.87. The molecule has 154 valence electrons. The van der Waals surface area contributed by atoms with E-state index >= 15 is 0 Å². The molecule has 8 heteroatoms. The van der Waals surface area contributed by atoms with Crippen LogP contribution in [0.25, 0.3) is 0 Å². The lowest BCUT2D eigenvalue weighted by Gasteiger charge is -2.43. The van der Waals surface area contributed by atoms with Gasteiger partial charge in [-0.3, -0.25) is 4.79 Å². The first-order valence-corrected chi connectivity index (χ1v) is 9.45. The molecule has 3 atom stereocenters. The van der Waals surface area contributed by atoms with Crippen LogP contribution in [0.2, 0.25) is 0 Å². The molecule has 0 saturated carbocycles. The number of carbonyl (C=O) groups excluding carboxylic acids is 3. The predicted molar refractivity (Wildman–Crippen MR) is 107 cm³/mol. The number of hydrogen-bond donors (Lipinski definition) is 3. The zero-order valence-electron chi connectivity index (χ0n) is 17.1. The maximum atomic E-state index is 12.7. The van der Waals surface area contributed by atoms with Crippen LogP contribution >= 0.6 is 0 Å². The highest BCUT2D eigenvalue weighted by atomic mass is 16.6. The summed E-state index contributed by atoms with van der Waals surface area (Å²) in [4.78, 5) is 37.7. The number of amides is 4. The van der Waals surface area contributed by atoms with Crippen molar-refractivity contribution in [3.8, 4) is 0 Å². The minimum Gasteiger partial charge on any atom is -0.444 e. The second-order valence-electron chi connectivity index (χ2n) is 8.25. The fourth-order valence-corrected chi connectivity index (χ4v) is 3.32. The van der Waals surface area contributed by atoms with Gasteiger partial charge < -0.3 is 26.0 Å². The molecule has 1 aliphatic rings. The quantitative estimate of drug-likeness (QED) is 0.736. The summed E-state index contributed by atoms with van der Waals surface area (Å²) in [5, 5.41) is 5.49. The molecule has 8 nitrogen and oxygen atoms in total. The highest BCUT2D eigenvalue weighted by molar-refractivity contribution is 5.95. The van der Waals surface area contributed by atoms with Crippen molar-refractivity contribution in [2.75, 3.05) is 11.9 Å². The van der Waals surface area contributed by atoms with E-state index in [0.717, 1.165) is 6.42 Å². The zero-order chi connectivity index (χ0) is 21.1. The Kier molecular flexibility index (Phi) is 6.53. The van der Waals surface area contributed by atoms with Crippen molar-refractivity contribution in [3.63, 3.8) is 0 Å². The number of anilines is 1. The van der Waals surface area contributed by atoms with Gasteiger partial charge in [0, 0.05) is 17.8 Å². The van der Waals surface area contributed by atoms with Crippen LogP contribution in [0.1, 0.15) is 51.4 Å². The van der Waals surface area contributed by atoms with Gasteiger partial charge in [0.25, 0.3) is 5.91 Å². The van der Waals surface area contributed by atoms with E-state index in [1.807, 2.05) is 27.7 Å². The number of urea groups is 1. The number of primary amides is 1. The van der Waals surface area contributed by atoms with Crippen molar-refractivity contribution in [1.82, 2.24) is 10.2 Å². The summed E-state index contributed by atoms with van der Waals surface area (Å²) >= 11 is 0. The zero-order valence-corrected chi connectivity index (χ0v) is 17.1. The molecule has 2 rings (SSSR count). The number of hydrogen-bond acceptors (Lipinski definition) is 4. The number of likely N-dealkylation sites (tertiary alicyclic amines) is 1. The van der Waals surface area contributed by atoms with Crippen molar-refractivity contribution in [2.24, 2.45) is 11.7 Å². The van der Waals surface area contributed by atoms with Gasteiger partial charge in [-0.05, 0) is 64.3 Å². The van der Waals surface area contributed by atoms with E-state index in [0.29, 0.717) is 17.8 Å². The van der Waals surface area contributed by atoms with E-state index in [1.54, 1.807) is 29.2 Å². The number of rotatable bonds is 3. The summed E-state index contributed by atoms with van der Waals surface area (Å²) in [7, 11) is 0. The molecule has 1 fully saturated rings. The Labute approximate surface area is 165 Å². The molecule has 1 heterocycles.